The lowest BCUT2D eigenvalue weighted by Gasteiger charge is -2.32. The summed E-state index contributed by atoms with van der Waals surface area (Å²) >= 11 is 0. The Morgan fingerprint density at radius 2 is 2.27 bits per heavy atom. The first kappa shape index (κ1) is 16.8. The number of rotatable bonds is 4. The van der Waals surface area contributed by atoms with E-state index in [1.807, 2.05) is 13.8 Å². The van der Waals surface area contributed by atoms with E-state index in [1.165, 1.54) is 4.90 Å². The third-order valence-electron chi connectivity index (χ3n) is 3.75. The first-order valence-electron chi connectivity index (χ1n) is 7.40. The van der Waals surface area contributed by atoms with Gasteiger partial charge < -0.3 is 5.32 Å². The number of carbonyl (C=O) groups is 1. The van der Waals surface area contributed by atoms with E-state index >= 15 is 0 Å². The molecule has 124 valence electrons. The zero-order valence-electron chi connectivity index (χ0n) is 12.7. The number of anilines is 1. The molecule has 2 heterocycles. The van der Waals surface area contributed by atoms with Gasteiger partial charge in [0.25, 0.3) is 0 Å². The molecule has 2 rings (SSSR count). The fraction of sp³-hybridized carbons (Fsp3) is 0.714. The number of carbonyl (C=O) groups excluding carboxylic acids is 1. The molecule has 1 aliphatic rings. The molecule has 1 atom stereocenters. The molecule has 0 aromatic carbocycles. The number of piperidine rings is 1. The molecular formula is C14H21F3N4O. The summed E-state index contributed by atoms with van der Waals surface area (Å²) in [4.78, 5) is 13.5. The molecule has 1 aliphatic heterocycles. The fourth-order valence-electron chi connectivity index (χ4n) is 2.59. The second kappa shape index (κ2) is 6.68. The molecule has 5 nitrogen and oxygen atoms in total. The first-order chi connectivity index (χ1) is 10.2. The van der Waals surface area contributed by atoms with Crippen molar-refractivity contribution >= 4 is 11.7 Å². The van der Waals surface area contributed by atoms with Gasteiger partial charge in [-0.3, -0.25) is 14.8 Å². The molecule has 0 aliphatic carbocycles. The van der Waals surface area contributed by atoms with Crippen molar-refractivity contribution in [2.24, 2.45) is 5.92 Å². The topological polar surface area (TPSA) is 61.0 Å². The Bertz CT molecular complexity index is 512. The second-order valence-corrected chi connectivity index (χ2v) is 6.04. The Morgan fingerprint density at radius 1 is 1.55 bits per heavy atom. The average Bonchev–Trinajstić information content (AvgIpc) is 2.85. The monoisotopic (exact) mass is 318 g/mol. The second-order valence-electron chi connectivity index (χ2n) is 6.04. The molecule has 1 amide bonds. The predicted octanol–water partition coefficient (Wildman–Crippen LogP) is 2.75. The van der Waals surface area contributed by atoms with Gasteiger partial charge >= 0.3 is 6.18 Å². The van der Waals surface area contributed by atoms with E-state index in [0.29, 0.717) is 25.2 Å². The van der Waals surface area contributed by atoms with Crippen LogP contribution in [0.3, 0.4) is 0 Å². The minimum Gasteiger partial charge on any atom is -0.309 e. The molecule has 0 spiro atoms. The van der Waals surface area contributed by atoms with Crippen LogP contribution in [0.2, 0.25) is 0 Å². The van der Waals surface area contributed by atoms with Crippen molar-refractivity contribution in [2.75, 3.05) is 25.0 Å². The van der Waals surface area contributed by atoms with E-state index in [9.17, 15) is 18.0 Å². The minimum absolute atomic E-state index is 0.132. The summed E-state index contributed by atoms with van der Waals surface area (Å²) in [5.74, 6) is -0.0271. The summed E-state index contributed by atoms with van der Waals surface area (Å²) < 4.78 is 37.3. The van der Waals surface area contributed by atoms with Crippen molar-refractivity contribution < 1.29 is 18.0 Å². The summed E-state index contributed by atoms with van der Waals surface area (Å²) in [6.45, 7) is 3.54. The van der Waals surface area contributed by atoms with Crippen LogP contribution in [0, 0.1) is 5.92 Å². The zero-order valence-corrected chi connectivity index (χ0v) is 12.7. The number of amides is 1. The minimum atomic E-state index is -4.23. The predicted molar refractivity (Wildman–Crippen MR) is 76.5 cm³/mol. The Kier molecular flexibility index (Phi) is 5.10. The number of alkyl halides is 3. The maximum Gasteiger partial charge on any atom is 0.401 e. The highest BCUT2D eigenvalue weighted by atomic mass is 19.4. The van der Waals surface area contributed by atoms with Gasteiger partial charge in [0.05, 0.1) is 12.5 Å². The van der Waals surface area contributed by atoms with Crippen LogP contribution in [0.4, 0.5) is 19.0 Å². The Morgan fingerprint density at radius 3 is 2.86 bits per heavy atom. The lowest BCUT2D eigenvalue weighted by molar-refractivity contribution is -0.151. The van der Waals surface area contributed by atoms with Gasteiger partial charge in [0, 0.05) is 18.3 Å². The third kappa shape index (κ3) is 4.72. The number of hydrogen-bond donors (Lipinski definition) is 2. The van der Waals surface area contributed by atoms with Crippen LogP contribution in [0.5, 0.6) is 0 Å². The maximum absolute atomic E-state index is 12.4. The number of halogens is 3. The van der Waals surface area contributed by atoms with Crippen LogP contribution < -0.4 is 5.32 Å². The van der Waals surface area contributed by atoms with Gasteiger partial charge in [-0.05, 0) is 25.3 Å². The zero-order chi connectivity index (χ0) is 16.3. The standard InChI is InChI=1S/C14H21F3N4O/c1-9(2)11-6-12(20-19-11)18-13(22)10-4-3-5-21(7-10)8-14(15,16)17/h6,9-10H,3-5,7-8H2,1-2H3,(H2,18,19,20,22). The Hall–Kier alpha value is -1.57. The van der Waals surface area contributed by atoms with E-state index < -0.39 is 18.6 Å². The number of H-pyrrole nitrogens is 1. The van der Waals surface area contributed by atoms with Gasteiger partial charge in [0.2, 0.25) is 5.91 Å². The molecule has 0 radical (unpaired) electrons. The molecule has 1 fully saturated rings. The highest BCUT2D eigenvalue weighted by molar-refractivity contribution is 5.91. The van der Waals surface area contributed by atoms with Crippen molar-refractivity contribution in [1.29, 1.82) is 0 Å². The van der Waals surface area contributed by atoms with Crippen LogP contribution in [0.25, 0.3) is 0 Å². The SMILES string of the molecule is CC(C)c1cc(NC(=O)C2CCCN(CC(F)(F)F)C2)n[nH]1. The molecule has 22 heavy (non-hydrogen) atoms. The van der Waals surface area contributed by atoms with E-state index in [1.54, 1.807) is 6.07 Å². The highest BCUT2D eigenvalue weighted by Crippen LogP contribution is 2.23. The quantitative estimate of drug-likeness (QED) is 0.897. The molecule has 0 bridgehead atoms. The van der Waals surface area contributed by atoms with Gasteiger partial charge in [-0.1, -0.05) is 13.8 Å². The van der Waals surface area contributed by atoms with Gasteiger partial charge in [0.15, 0.2) is 5.82 Å². The molecule has 1 aromatic heterocycles. The van der Waals surface area contributed by atoms with Crippen LogP contribution >= 0.6 is 0 Å². The van der Waals surface area contributed by atoms with Gasteiger partial charge in [-0.15, -0.1) is 0 Å². The van der Waals surface area contributed by atoms with Crippen molar-refractivity contribution in [3.05, 3.63) is 11.8 Å². The summed E-state index contributed by atoms with van der Waals surface area (Å²) in [6, 6.07) is 1.75. The van der Waals surface area contributed by atoms with Crippen molar-refractivity contribution in [3.63, 3.8) is 0 Å². The number of hydrogen-bond acceptors (Lipinski definition) is 3. The van der Waals surface area contributed by atoms with Crippen LogP contribution in [-0.4, -0.2) is 46.8 Å². The summed E-state index contributed by atoms with van der Waals surface area (Å²) in [5.41, 5.74) is 0.901. The molecule has 1 saturated heterocycles. The summed E-state index contributed by atoms with van der Waals surface area (Å²) in [7, 11) is 0. The smallest absolute Gasteiger partial charge is 0.309 e. The number of likely N-dealkylation sites (tertiary alicyclic amines) is 1. The van der Waals surface area contributed by atoms with E-state index in [-0.39, 0.29) is 18.4 Å². The molecular weight excluding hydrogens is 297 g/mol. The molecule has 1 aromatic rings. The maximum atomic E-state index is 12.4. The van der Waals surface area contributed by atoms with Crippen molar-refractivity contribution in [1.82, 2.24) is 15.1 Å². The molecule has 8 heteroatoms. The van der Waals surface area contributed by atoms with E-state index in [2.05, 4.69) is 15.5 Å². The summed E-state index contributed by atoms with van der Waals surface area (Å²) in [6.07, 6.45) is -3.04. The Balaban J connectivity index is 1.91. The Labute approximate surface area is 127 Å². The third-order valence-corrected chi connectivity index (χ3v) is 3.75. The number of aromatic nitrogens is 2. The molecule has 1 unspecified atom stereocenters. The van der Waals surface area contributed by atoms with Gasteiger partial charge in [-0.2, -0.15) is 18.3 Å². The number of aromatic amines is 1. The van der Waals surface area contributed by atoms with Crippen molar-refractivity contribution in [3.8, 4) is 0 Å². The fourth-order valence-corrected chi connectivity index (χ4v) is 2.59. The van der Waals surface area contributed by atoms with Crippen molar-refractivity contribution in [2.45, 2.75) is 38.8 Å². The number of nitrogens with one attached hydrogen (secondary N) is 2. The normalized spacial score (nSPS) is 20.4. The lowest BCUT2D eigenvalue weighted by Crippen LogP contribution is -2.44. The average molecular weight is 318 g/mol. The van der Waals surface area contributed by atoms with Gasteiger partial charge in [-0.25, -0.2) is 0 Å². The van der Waals surface area contributed by atoms with Gasteiger partial charge in [0.1, 0.15) is 0 Å². The molecule has 0 saturated carbocycles. The van der Waals surface area contributed by atoms with Crippen LogP contribution in [0.1, 0.15) is 38.3 Å². The van der Waals surface area contributed by atoms with E-state index in [4.69, 9.17) is 0 Å². The molecule has 2 N–H and O–H groups in total. The lowest BCUT2D eigenvalue weighted by atomic mass is 9.97. The van der Waals surface area contributed by atoms with Crippen LogP contribution in [0.15, 0.2) is 6.07 Å². The largest absolute Gasteiger partial charge is 0.401 e. The number of nitrogens with zero attached hydrogens (tertiary/aromatic N) is 2. The van der Waals surface area contributed by atoms with Crippen LogP contribution in [-0.2, 0) is 4.79 Å². The summed E-state index contributed by atoms with van der Waals surface area (Å²) in [5, 5.41) is 9.51. The highest BCUT2D eigenvalue weighted by Gasteiger charge is 2.34. The first-order valence-corrected chi connectivity index (χ1v) is 7.40. The van der Waals surface area contributed by atoms with E-state index in [0.717, 1.165) is 5.69 Å².